The normalized spacial score (nSPS) is 10.5. The molecule has 0 aliphatic carbocycles. The van der Waals surface area contributed by atoms with E-state index >= 15 is 0 Å². The maximum absolute atomic E-state index is 11.7. The van der Waals surface area contributed by atoms with E-state index in [-0.39, 0.29) is 5.78 Å². The van der Waals surface area contributed by atoms with E-state index < -0.39 is 0 Å². The maximum Gasteiger partial charge on any atom is 0.189 e. The molecule has 0 saturated heterocycles. The van der Waals surface area contributed by atoms with Gasteiger partial charge in [-0.2, -0.15) is 0 Å². The molecule has 0 spiro atoms. The average molecular weight is 204 g/mol. The van der Waals surface area contributed by atoms with Crippen LogP contribution in [0.2, 0.25) is 0 Å². The van der Waals surface area contributed by atoms with Gasteiger partial charge < -0.3 is 4.74 Å². The largest absolute Gasteiger partial charge is 0.493 e. The highest BCUT2D eigenvalue weighted by Crippen LogP contribution is 2.19. The standard InChI is InChI=1S/C13H16O2/c1-3-7-12(14)11-8-5-6-9-13(11)15-10-4-2/h3,5-9H,4,10H2,1-2H3/b7-3+. The third-order valence-electron chi connectivity index (χ3n) is 1.93. The van der Waals surface area contributed by atoms with Gasteiger partial charge in [-0.25, -0.2) is 0 Å². The van der Waals surface area contributed by atoms with E-state index in [1.54, 1.807) is 18.2 Å². The topological polar surface area (TPSA) is 26.3 Å². The number of hydrogen-bond acceptors (Lipinski definition) is 2. The molecule has 0 N–H and O–H groups in total. The fourth-order valence-electron chi connectivity index (χ4n) is 1.25. The van der Waals surface area contributed by atoms with Crippen molar-refractivity contribution >= 4 is 5.78 Å². The van der Waals surface area contributed by atoms with Crippen molar-refractivity contribution < 1.29 is 9.53 Å². The summed E-state index contributed by atoms with van der Waals surface area (Å²) in [7, 11) is 0. The molecule has 0 unspecified atom stereocenters. The van der Waals surface area contributed by atoms with Crippen molar-refractivity contribution in [3.8, 4) is 5.75 Å². The third kappa shape index (κ3) is 3.24. The number of ether oxygens (including phenoxy) is 1. The Kier molecular flexibility index (Phi) is 4.61. The average Bonchev–Trinajstić information content (AvgIpc) is 2.27. The monoisotopic (exact) mass is 204 g/mol. The molecule has 0 aromatic heterocycles. The molecule has 0 aliphatic rings. The van der Waals surface area contributed by atoms with Gasteiger partial charge in [-0.05, 0) is 31.6 Å². The Balaban J connectivity index is 2.90. The summed E-state index contributed by atoms with van der Waals surface area (Å²) in [5.74, 6) is 0.659. The molecule has 2 nitrogen and oxygen atoms in total. The molecule has 1 aromatic rings. The predicted octanol–water partition coefficient (Wildman–Crippen LogP) is 3.23. The van der Waals surface area contributed by atoms with Gasteiger partial charge in [0.2, 0.25) is 0 Å². The van der Waals surface area contributed by atoms with E-state index in [0.717, 1.165) is 6.42 Å². The van der Waals surface area contributed by atoms with Crippen molar-refractivity contribution in [3.05, 3.63) is 42.0 Å². The summed E-state index contributed by atoms with van der Waals surface area (Å²) < 4.78 is 5.50. The summed E-state index contributed by atoms with van der Waals surface area (Å²) in [6.45, 7) is 4.50. The van der Waals surface area contributed by atoms with Gasteiger partial charge in [0, 0.05) is 0 Å². The number of benzene rings is 1. The van der Waals surface area contributed by atoms with Crippen LogP contribution in [0, 0.1) is 0 Å². The molecule has 0 amide bonds. The Morgan fingerprint density at radius 2 is 2.13 bits per heavy atom. The second-order valence-electron chi connectivity index (χ2n) is 3.21. The zero-order valence-electron chi connectivity index (χ0n) is 9.19. The summed E-state index contributed by atoms with van der Waals surface area (Å²) in [5, 5.41) is 0. The van der Waals surface area contributed by atoms with Gasteiger partial charge >= 0.3 is 0 Å². The molecule has 1 aromatic carbocycles. The van der Waals surface area contributed by atoms with Gasteiger partial charge in [-0.15, -0.1) is 0 Å². The van der Waals surface area contributed by atoms with E-state index in [9.17, 15) is 4.79 Å². The van der Waals surface area contributed by atoms with Crippen molar-refractivity contribution in [2.24, 2.45) is 0 Å². The van der Waals surface area contributed by atoms with Crippen molar-refractivity contribution in [3.63, 3.8) is 0 Å². The van der Waals surface area contributed by atoms with Gasteiger partial charge in [0.15, 0.2) is 5.78 Å². The first kappa shape index (κ1) is 11.5. The molecule has 0 aliphatic heterocycles. The van der Waals surface area contributed by atoms with E-state index in [2.05, 4.69) is 0 Å². The minimum absolute atomic E-state index is 0.01000. The predicted molar refractivity (Wildman–Crippen MR) is 61.4 cm³/mol. The maximum atomic E-state index is 11.7. The molecule has 15 heavy (non-hydrogen) atoms. The molecule has 0 atom stereocenters. The van der Waals surface area contributed by atoms with Crippen LogP contribution in [0.5, 0.6) is 5.75 Å². The van der Waals surface area contributed by atoms with Crippen LogP contribution in [0.15, 0.2) is 36.4 Å². The van der Waals surface area contributed by atoms with Crippen molar-refractivity contribution in [1.29, 1.82) is 0 Å². The Bertz CT molecular complexity index is 353. The van der Waals surface area contributed by atoms with Crippen LogP contribution in [-0.4, -0.2) is 12.4 Å². The summed E-state index contributed by atoms with van der Waals surface area (Å²) >= 11 is 0. The van der Waals surface area contributed by atoms with Crippen molar-refractivity contribution in [2.75, 3.05) is 6.61 Å². The first-order valence-corrected chi connectivity index (χ1v) is 5.18. The van der Waals surface area contributed by atoms with Gasteiger partial charge in [0.25, 0.3) is 0 Å². The highest BCUT2D eigenvalue weighted by atomic mass is 16.5. The lowest BCUT2D eigenvalue weighted by Crippen LogP contribution is -2.02. The summed E-state index contributed by atoms with van der Waals surface area (Å²) in [4.78, 5) is 11.7. The van der Waals surface area contributed by atoms with E-state index in [0.29, 0.717) is 17.9 Å². The third-order valence-corrected chi connectivity index (χ3v) is 1.93. The van der Waals surface area contributed by atoms with Gasteiger partial charge in [0.1, 0.15) is 5.75 Å². The van der Waals surface area contributed by atoms with E-state index in [4.69, 9.17) is 4.74 Å². The number of carbonyl (C=O) groups is 1. The zero-order valence-corrected chi connectivity index (χ0v) is 9.19. The van der Waals surface area contributed by atoms with Gasteiger partial charge in [0.05, 0.1) is 12.2 Å². The minimum atomic E-state index is -0.01000. The first-order chi connectivity index (χ1) is 7.29. The summed E-state index contributed by atoms with van der Waals surface area (Å²) in [6, 6.07) is 7.33. The molecular weight excluding hydrogens is 188 g/mol. The molecule has 0 fully saturated rings. The van der Waals surface area contributed by atoms with Crippen LogP contribution in [-0.2, 0) is 0 Å². The Morgan fingerprint density at radius 3 is 2.80 bits per heavy atom. The van der Waals surface area contributed by atoms with Crippen LogP contribution in [0.4, 0.5) is 0 Å². The summed E-state index contributed by atoms with van der Waals surface area (Å²) in [5.41, 5.74) is 0.629. The summed E-state index contributed by atoms with van der Waals surface area (Å²) in [6.07, 6.45) is 4.22. The Labute approximate surface area is 90.6 Å². The second-order valence-corrected chi connectivity index (χ2v) is 3.21. The number of hydrogen-bond donors (Lipinski definition) is 0. The fraction of sp³-hybridized carbons (Fsp3) is 0.308. The molecular formula is C13H16O2. The van der Waals surface area contributed by atoms with Crippen LogP contribution in [0.3, 0.4) is 0 Å². The molecule has 0 bridgehead atoms. The smallest absolute Gasteiger partial charge is 0.189 e. The second kappa shape index (κ2) is 6.02. The van der Waals surface area contributed by atoms with Crippen molar-refractivity contribution in [1.82, 2.24) is 0 Å². The molecule has 2 heteroatoms. The number of rotatable bonds is 5. The van der Waals surface area contributed by atoms with Crippen LogP contribution < -0.4 is 4.74 Å². The van der Waals surface area contributed by atoms with Crippen LogP contribution >= 0.6 is 0 Å². The van der Waals surface area contributed by atoms with E-state index in [1.165, 1.54) is 0 Å². The molecule has 0 heterocycles. The quantitative estimate of drug-likeness (QED) is 0.543. The lowest BCUT2D eigenvalue weighted by Gasteiger charge is -2.07. The van der Waals surface area contributed by atoms with Crippen LogP contribution in [0.1, 0.15) is 30.6 Å². The molecule has 0 saturated carbocycles. The van der Waals surface area contributed by atoms with Gasteiger partial charge in [-0.1, -0.05) is 25.1 Å². The highest BCUT2D eigenvalue weighted by molar-refractivity contribution is 6.06. The number of ketones is 1. The van der Waals surface area contributed by atoms with Crippen molar-refractivity contribution in [2.45, 2.75) is 20.3 Å². The van der Waals surface area contributed by atoms with Gasteiger partial charge in [-0.3, -0.25) is 4.79 Å². The Hall–Kier alpha value is -1.57. The van der Waals surface area contributed by atoms with Crippen LogP contribution in [0.25, 0.3) is 0 Å². The minimum Gasteiger partial charge on any atom is -0.493 e. The highest BCUT2D eigenvalue weighted by Gasteiger charge is 2.08. The van der Waals surface area contributed by atoms with E-state index in [1.807, 2.05) is 32.0 Å². The molecule has 80 valence electrons. The lowest BCUT2D eigenvalue weighted by atomic mass is 10.1. The number of allylic oxidation sites excluding steroid dienone is 2. The number of para-hydroxylation sites is 1. The Morgan fingerprint density at radius 1 is 1.40 bits per heavy atom. The lowest BCUT2D eigenvalue weighted by molar-refractivity contribution is 0.104. The first-order valence-electron chi connectivity index (χ1n) is 5.18. The molecule has 1 rings (SSSR count). The molecule has 0 radical (unpaired) electrons. The SMILES string of the molecule is C/C=C/C(=O)c1ccccc1OCCC. The zero-order chi connectivity index (χ0) is 11.1. The number of carbonyl (C=O) groups excluding carboxylic acids is 1. The fourth-order valence-corrected chi connectivity index (χ4v) is 1.25.